The summed E-state index contributed by atoms with van der Waals surface area (Å²) in [6.07, 6.45) is 3.23. The lowest BCUT2D eigenvalue weighted by molar-refractivity contribution is -0.136. The molecule has 0 amide bonds. The molecule has 18 heavy (non-hydrogen) atoms. The zero-order chi connectivity index (χ0) is 12.7. The van der Waals surface area contributed by atoms with Crippen molar-refractivity contribution in [1.29, 1.82) is 0 Å². The summed E-state index contributed by atoms with van der Waals surface area (Å²) in [4.78, 5) is 15.1. The van der Waals surface area contributed by atoms with Crippen molar-refractivity contribution in [2.45, 2.75) is 38.6 Å². The Labute approximate surface area is 105 Å². The minimum atomic E-state index is -0.755. The van der Waals surface area contributed by atoms with Gasteiger partial charge >= 0.3 is 5.97 Å². The third kappa shape index (κ3) is 1.98. The predicted octanol–water partition coefficient (Wildman–Crippen LogP) is 2.70. The average molecular weight is 244 g/mol. The van der Waals surface area contributed by atoms with Gasteiger partial charge in [0.25, 0.3) is 0 Å². The number of nitrogens with zero attached hydrogens (tertiary/aromatic N) is 2. The van der Waals surface area contributed by atoms with Gasteiger partial charge < -0.3 is 9.67 Å². The molecule has 1 aromatic carbocycles. The summed E-state index contributed by atoms with van der Waals surface area (Å²) in [7, 11) is 0. The minimum absolute atomic E-state index is 0.174. The lowest BCUT2D eigenvalue weighted by atomic mass is 10.1. The molecule has 0 spiro atoms. The number of carboxylic acid groups (broad SMARTS) is 1. The maximum Gasteiger partial charge on any atom is 0.303 e. The number of benzene rings is 1. The second-order valence-corrected chi connectivity index (χ2v) is 4.98. The molecule has 1 aromatic heterocycles. The van der Waals surface area contributed by atoms with Gasteiger partial charge in [-0.2, -0.15) is 0 Å². The molecule has 0 bridgehead atoms. The zero-order valence-electron chi connectivity index (χ0n) is 10.4. The topological polar surface area (TPSA) is 55.1 Å². The molecule has 94 valence electrons. The molecule has 4 nitrogen and oxygen atoms in total. The molecule has 1 aliphatic carbocycles. The van der Waals surface area contributed by atoms with Crippen LogP contribution in [0.15, 0.2) is 18.2 Å². The van der Waals surface area contributed by atoms with E-state index in [0.717, 1.165) is 16.9 Å². The number of carboxylic acids is 1. The van der Waals surface area contributed by atoms with E-state index in [1.54, 1.807) is 0 Å². The number of rotatable bonds is 4. The number of aliphatic carboxylic acids is 1. The van der Waals surface area contributed by atoms with Crippen molar-refractivity contribution in [2.24, 2.45) is 0 Å². The first kappa shape index (κ1) is 11.3. The van der Waals surface area contributed by atoms with Gasteiger partial charge in [0.2, 0.25) is 0 Å². The molecule has 1 heterocycles. The van der Waals surface area contributed by atoms with Crippen molar-refractivity contribution in [3.63, 3.8) is 0 Å². The number of imidazole rings is 1. The fourth-order valence-electron chi connectivity index (χ4n) is 2.47. The summed E-state index contributed by atoms with van der Waals surface area (Å²) in [6.45, 7) is 2.04. The average Bonchev–Trinajstić information content (AvgIpc) is 3.09. The van der Waals surface area contributed by atoms with Crippen molar-refractivity contribution in [2.75, 3.05) is 0 Å². The monoisotopic (exact) mass is 244 g/mol. The van der Waals surface area contributed by atoms with Gasteiger partial charge in [0.1, 0.15) is 5.82 Å². The van der Waals surface area contributed by atoms with E-state index in [1.165, 1.54) is 18.4 Å². The summed E-state index contributed by atoms with van der Waals surface area (Å²) in [5.41, 5.74) is 3.21. The van der Waals surface area contributed by atoms with Gasteiger partial charge in [0.05, 0.1) is 11.0 Å². The Balaban J connectivity index is 1.95. The first-order chi connectivity index (χ1) is 8.65. The van der Waals surface area contributed by atoms with Crippen LogP contribution in [-0.4, -0.2) is 20.6 Å². The second kappa shape index (κ2) is 4.12. The zero-order valence-corrected chi connectivity index (χ0v) is 10.4. The third-order valence-corrected chi connectivity index (χ3v) is 3.47. The Hall–Kier alpha value is -1.84. The van der Waals surface area contributed by atoms with Crippen LogP contribution in [0.25, 0.3) is 11.0 Å². The van der Waals surface area contributed by atoms with Gasteiger partial charge in [0, 0.05) is 12.5 Å². The van der Waals surface area contributed by atoms with Crippen LogP contribution >= 0.6 is 0 Å². The number of hydrogen-bond donors (Lipinski definition) is 1. The molecule has 0 saturated heterocycles. The van der Waals surface area contributed by atoms with Crippen LogP contribution in [0.2, 0.25) is 0 Å². The van der Waals surface area contributed by atoms with Crippen LogP contribution < -0.4 is 0 Å². The van der Waals surface area contributed by atoms with E-state index in [1.807, 2.05) is 19.1 Å². The summed E-state index contributed by atoms with van der Waals surface area (Å²) >= 11 is 0. The van der Waals surface area contributed by atoms with E-state index in [2.05, 4.69) is 15.6 Å². The first-order valence-electron chi connectivity index (χ1n) is 6.34. The van der Waals surface area contributed by atoms with Crippen molar-refractivity contribution < 1.29 is 9.90 Å². The molecule has 4 heteroatoms. The summed E-state index contributed by atoms with van der Waals surface area (Å²) < 4.78 is 2.30. The number of fused-ring (bicyclic) bond motifs is 1. The van der Waals surface area contributed by atoms with Gasteiger partial charge in [-0.15, -0.1) is 0 Å². The maximum absolute atomic E-state index is 10.6. The van der Waals surface area contributed by atoms with Gasteiger partial charge in [-0.25, -0.2) is 4.98 Å². The van der Waals surface area contributed by atoms with Crippen molar-refractivity contribution >= 4 is 17.0 Å². The van der Waals surface area contributed by atoms with Gasteiger partial charge in [-0.05, 0) is 43.9 Å². The number of aryl methyl sites for hydroxylation is 2. The van der Waals surface area contributed by atoms with E-state index in [0.29, 0.717) is 12.5 Å². The van der Waals surface area contributed by atoms with Crippen LogP contribution in [0.3, 0.4) is 0 Å². The predicted molar refractivity (Wildman–Crippen MR) is 68.7 cm³/mol. The summed E-state index contributed by atoms with van der Waals surface area (Å²) in [5.74, 6) is 0.303. The summed E-state index contributed by atoms with van der Waals surface area (Å²) in [5, 5.41) is 8.70. The molecular weight excluding hydrogens is 228 g/mol. The van der Waals surface area contributed by atoms with Gasteiger partial charge in [0.15, 0.2) is 0 Å². The SMILES string of the molecule is Cc1nc2cc(CCC(=O)O)ccc2n1C1CC1. The van der Waals surface area contributed by atoms with Crippen LogP contribution in [0.5, 0.6) is 0 Å². The van der Waals surface area contributed by atoms with E-state index >= 15 is 0 Å². The standard InChI is InChI=1S/C14H16N2O2/c1-9-15-12-8-10(3-7-14(17)18)2-6-13(12)16(9)11-4-5-11/h2,6,8,11H,3-5,7H2,1H3,(H,17,18). The summed E-state index contributed by atoms with van der Waals surface area (Å²) in [6, 6.07) is 6.74. The fourth-order valence-corrected chi connectivity index (χ4v) is 2.47. The van der Waals surface area contributed by atoms with Crippen molar-refractivity contribution in [3.05, 3.63) is 29.6 Å². The highest BCUT2D eigenvalue weighted by molar-refractivity contribution is 5.77. The largest absolute Gasteiger partial charge is 0.481 e. The lowest BCUT2D eigenvalue weighted by Gasteiger charge is -2.04. The van der Waals surface area contributed by atoms with Gasteiger partial charge in [-0.3, -0.25) is 4.79 Å². The van der Waals surface area contributed by atoms with E-state index < -0.39 is 5.97 Å². The maximum atomic E-state index is 10.6. The Morgan fingerprint density at radius 1 is 1.50 bits per heavy atom. The molecule has 1 N–H and O–H groups in total. The molecule has 1 saturated carbocycles. The Kier molecular flexibility index (Phi) is 2.58. The molecule has 1 aliphatic rings. The van der Waals surface area contributed by atoms with Crippen molar-refractivity contribution in [3.8, 4) is 0 Å². The highest BCUT2D eigenvalue weighted by atomic mass is 16.4. The third-order valence-electron chi connectivity index (χ3n) is 3.47. The Bertz CT molecular complexity index is 612. The van der Waals surface area contributed by atoms with E-state index in [-0.39, 0.29) is 6.42 Å². The molecule has 1 fully saturated rings. The highest BCUT2D eigenvalue weighted by Crippen LogP contribution is 2.38. The van der Waals surface area contributed by atoms with Crippen molar-refractivity contribution in [1.82, 2.24) is 9.55 Å². The number of aromatic nitrogens is 2. The molecule has 3 rings (SSSR count). The number of carbonyl (C=O) groups is 1. The molecule has 0 unspecified atom stereocenters. The Morgan fingerprint density at radius 3 is 2.94 bits per heavy atom. The van der Waals surface area contributed by atoms with Crippen LogP contribution in [0.1, 0.15) is 36.7 Å². The molecule has 2 aromatic rings. The van der Waals surface area contributed by atoms with Crippen LogP contribution in [0, 0.1) is 6.92 Å². The van der Waals surface area contributed by atoms with Crippen LogP contribution in [-0.2, 0) is 11.2 Å². The quantitative estimate of drug-likeness (QED) is 0.899. The lowest BCUT2D eigenvalue weighted by Crippen LogP contribution is -1.98. The van der Waals surface area contributed by atoms with Crippen LogP contribution in [0.4, 0.5) is 0 Å². The Morgan fingerprint density at radius 2 is 2.28 bits per heavy atom. The van der Waals surface area contributed by atoms with E-state index in [9.17, 15) is 4.79 Å². The molecule has 0 radical (unpaired) electrons. The number of hydrogen-bond acceptors (Lipinski definition) is 2. The first-order valence-corrected chi connectivity index (χ1v) is 6.34. The normalized spacial score (nSPS) is 15.2. The fraction of sp³-hybridized carbons (Fsp3) is 0.429. The molecule has 0 aliphatic heterocycles. The minimum Gasteiger partial charge on any atom is -0.481 e. The molecular formula is C14H16N2O2. The van der Waals surface area contributed by atoms with E-state index in [4.69, 9.17) is 5.11 Å². The van der Waals surface area contributed by atoms with Gasteiger partial charge in [-0.1, -0.05) is 6.07 Å². The highest BCUT2D eigenvalue weighted by Gasteiger charge is 2.26. The smallest absolute Gasteiger partial charge is 0.303 e. The second-order valence-electron chi connectivity index (χ2n) is 4.98. The molecule has 0 atom stereocenters.